The predicted molar refractivity (Wildman–Crippen MR) is 64.2 cm³/mol. The third kappa shape index (κ3) is 3.95. The zero-order chi connectivity index (χ0) is 14.4. The highest BCUT2D eigenvalue weighted by Crippen LogP contribution is 2.24. The normalized spacial score (nSPS) is 9.74. The summed E-state index contributed by atoms with van der Waals surface area (Å²) in [5.74, 6) is -1.72. The first-order valence-corrected chi connectivity index (χ1v) is 5.37. The first-order valence-electron chi connectivity index (χ1n) is 5.37. The fraction of sp³-hybridized carbons (Fsp3) is 0.273. The summed E-state index contributed by atoms with van der Waals surface area (Å²) in [5.41, 5.74) is -1.02. The van der Waals surface area contributed by atoms with E-state index in [1.807, 2.05) is 0 Å². The van der Waals surface area contributed by atoms with Crippen LogP contribution in [0, 0.1) is 10.1 Å². The van der Waals surface area contributed by atoms with Crippen molar-refractivity contribution in [2.45, 2.75) is 6.92 Å². The van der Waals surface area contributed by atoms with Gasteiger partial charge in [-0.3, -0.25) is 14.9 Å². The molecule has 0 aliphatic heterocycles. The van der Waals surface area contributed by atoms with Crippen LogP contribution < -0.4 is 10.1 Å². The van der Waals surface area contributed by atoms with Crippen LogP contribution in [-0.2, 0) is 4.79 Å². The second-order valence-corrected chi connectivity index (χ2v) is 3.48. The molecule has 1 aromatic rings. The number of ether oxygens (including phenoxy) is 1. The molecule has 0 atom stereocenters. The van der Waals surface area contributed by atoms with Crippen LogP contribution in [0.4, 0.5) is 5.69 Å². The second-order valence-electron chi connectivity index (χ2n) is 3.48. The van der Waals surface area contributed by atoms with Gasteiger partial charge in [0.15, 0.2) is 6.61 Å². The minimum atomic E-state index is -1.44. The highest BCUT2D eigenvalue weighted by atomic mass is 16.6. The van der Waals surface area contributed by atoms with Gasteiger partial charge in [-0.1, -0.05) is 0 Å². The summed E-state index contributed by atoms with van der Waals surface area (Å²) in [6.07, 6.45) is 0. The first-order chi connectivity index (χ1) is 8.95. The molecule has 2 N–H and O–H groups in total. The van der Waals surface area contributed by atoms with Gasteiger partial charge in [-0.05, 0) is 13.0 Å². The molecule has 0 saturated heterocycles. The zero-order valence-electron chi connectivity index (χ0n) is 10.1. The van der Waals surface area contributed by atoms with E-state index in [0.717, 1.165) is 12.1 Å². The van der Waals surface area contributed by atoms with E-state index in [2.05, 4.69) is 5.32 Å². The Bertz CT molecular complexity index is 514. The molecule has 0 saturated carbocycles. The van der Waals surface area contributed by atoms with Gasteiger partial charge in [0.2, 0.25) is 0 Å². The largest absolute Gasteiger partial charge is 0.484 e. The number of hydrogen-bond acceptors (Lipinski definition) is 5. The highest BCUT2D eigenvalue weighted by Gasteiger charge is 2.20. The van der Waals surface area contributed by atoms with Crippen molar-refractivity contribution < 1.29 is 24.4 Å². The molecule has 102 valence electrons. The van der Waals surface area contributed by atoms with Gasteiger partial charge in [0.25, 0.3) is 11.6 Å². The molecular weight excluding hydrogens is 256 g/mol. The van der Waals surface area contributed by atoms with E-state index >= 15 is 0 Å². The van der Waals surface area contributed by atoms with Gasteiger partial charge in [0.05, 0.1) is 4.92 Å². The Labute approximate surface area is 108 Å². The molecule has 19 heavy (non-hydrogen) atoms. The van der Waals surface area contributed by atoms with E-state index in [9.17, 15) is 19.7 Å². The second kappa shape index (κ2) is 6.34. The molecule has 0 spiro atoms. The lowest BCUT2D eigenvalue weighted by Crippen LogP contribution is -2.28. The van der Waals surface area contributed by atoms with Crippen LogP contribution in [-0.4, -0.2) is 35.1 Å². The monoisotopic (exact) mass is 268 g/mol. The summed E-state index contributed by atoms with van der Waals surface area (Å²) < 4.78 is 5.05. The first kappa shape index (κ1) is 14.4. The summed E-state index contributed by atoms with van der Waals surface area (Å²) in [5, 5.41) is 22.0. The molecule has 0 heterocycles. The van der Waals surface area contributed by atoms with E-state index in [1.165, 1.54) is 6.07 Å². The highest BCUT2D eigenvalue weighted by molar-refractivity contribution is 5.92. The van der Waals surface area contributed by atoms with Gasteiger partial charge >= 0.3 is 5.97 Å². The van der Waals surface area contributed by atoms with Gasteiger partial charge in [-0.2, -0.15) is 0 Å². The molecule has 8 heteroatoms. The molecule has 8 nitrogen and oxygen atoms in total. The Kier molecular flexibility index (Phi) is 4.81. The number of nitro groups is 1. The number of nitrogens with one attached hydrogen (secondary N) is 1. The number of hydrogen-bond donors (Lipinski definition) is 2. The minimum absolute atomic E-state index is 0.0780. The Morgan fingerprint density at radius 3 is 2.68 bits per heavy atom. The fourth-order valence-corrected chi connectivity index (χ4v) is 1.33. The quantitative estimate of drug-likeness (QED) is 0.582. The summed E-state index contributed by atoms with van der Waals surface area (Å²) >= 11 is 0. The van der Waals surface area contributed by atoms with Crippen LogP contribution >= 0.6 is 0 Å². The number of carboxylic acids is 1. The van der Waals surface area contributed by atoms with Gasteiger partial charge in [-0.25, -0.2) is 4.79 Å². The van der Waals surface area contributed by atoms with Crippen molar-refractivity contribution in [1.29, 1.82) is 0 Å². The van der Waals surface area contributed by atoms with E-state index < -0.39 is 22.1 Å². The molecule has 0 aliphatic carbocycles. The average Bonchev–Trinajstić information content (AvgIpc) is 2.36. The maximum atomic E-state index is 11.1. The molecule has 0 aromatic heterocycles. The van der Waals surface area contributed by atoms with E-state index in [4.69, 9.17) is 9.84 Å². The number of rotatable bonds is 6. The predicted octanol–water partition coefficient (Wildman–Crippen LogP) is 0.808. The topological polar surface area (TPSA) is 119 Å². The van der Waals surface area contributed by atoms with Crippen LogP contribution in [0.25, 0.3) is 0 Å². The maximum absolute atomic E-state index is 11.1. The molecule has 0 radical (unpaired) electrons. The van der Waals surface area contributed by atoms with Crippen molar-refractivity contribution >= 4 is 17.6 Å². The van der Waals surface area contributed by atoms with Crippen LogP contribution in [0.1, 0.15) is 17.3 Å². The van der Waals surface area contributed by atoms with Gasteiger partial charge < -0.3 is 15.2 Å². The average molecular weight is 268 g/mol. The van der Waals surface area contributed by atoms with Crippen LogP contribution in [0.15, 0.2) is 18.2 Å². The molecule has 0 bridgehead atoms. The summed E-state index contributed by atoms with van der Waals surface area (Å²) in [6.45, 7) is 1.90. The van der Waals surface area contributed by atoms with Crippen molar-refractivity contribution in [1.82, 2.24) is 5.32 Å². The zero-order valence-corrected chi connectivity index (χ0v) is 10.1. The lowest BCUT2D eigenvalue weighted by atomic mass is 10.1. The van der Waals surface area contributed by atoms with E-state index in [0.29, 0.717) is 6.54 Å². The molecule has 0 aliphatic rings. The number of amides is 1. The maximum Gasteiger partial charge on any atom is 0.342 e. The Morgan fingerprint density at radius 1 is 1.47 bits per heavy atom. The van der Waals surface area contributed by atoms with Gasteiger partial charge in [0.1, 0.15) is 11.3 Å². The third-order valence-corrected chi connectivity index (χ3v) is 2.14. The molecular formula is C11H12N2O6. The van der Waals surface area contributed by atoms with E-state index in [-0.39, 0.29) is 18.3 Å². The minimum Gasteiger partial charge on any atom is -0.484 e. The smallest absolute Gasteiger partial charge is 0.342 e. The van der Waals surface area contributed by atoms with Gasteiger partial charge in [-0.15, -0.1) is 0 Å². The molecule has 1 aromatic carbocycles. The Balaban J connectivity index is 2.87. The lowest BCUT2D eigenvalue weighted by molar-refractivity contribution is -0.385. The van der Waals surface area contributed by atoms with E-state index in [1.54, 1.807) is 6.92 Å². The number of nitro benzene ring substituents is 1. The van der Waals surface area contributed by atoms with Gasteiger partial charge in [0, 0.05) is 18.7 Å². The standard InChI is InChI=1S/C11H12N2O6/c1-2-12-10(14)6-19-7-3-4-9(13(17)18)8(5-7)11(15)16/h3-5H,2,6H2,1H3,(H,12,14)(H,15,16). The van der Waals surface area contributed by atoms with Crippen LogP contribution in [0.3, 0.4) is 0 Å². The SMILES string of the molecule is CCNC(=O)COc1ccc([N+](=O)[O-])c(C(=O)O)c1. The summed E-state index contributed by atoms with van der Waals surface area (Å²) in [7, 11) is 0. The Morgan fingerprint density at radius 2 is 2.16 bits per heavy atom. The Hall–Kier alpha value is -2.64. The fourth-order valence-electron chi connectivity index (χ4n) is 1.33. The number of carboxylic acid groups (broad SMARTS) is 1. The van der Waals surface area contributed by atoms with Crippen molar-refractivity contribution in [2.24, 2.45) is 0 Å². The van der Waals surface area contributed by atoms with Crippen molar-refractivity contribution in [2.75, 3.05) is 13.2 Å². The van der Waals surface area contributed by atoms with Crippen molar-refractivity contribution in [3.05, 3.63) is 33.9 Å². The summed E-state index contributed by atoms with van der Waals surface area (Å²) in [4.78, 5) is 31.9. The summed E-state index contributed by atoms with van der Waals surface area (Å²) in [6, 6.07) is 3.28. The molecule has 0 unspecified atom stereocenters. The molecule has 1 rings (SSSR count). The number of likely N-dealkylation sites (N-methyl/N-ethyl adjacent to an activating group) is 1. The lowest BCUT2D eigenvalue weighted by Gasteiger charge is -2.07. The number of carbonyl (C=O) groups is 2. The third-order valence-electron chi connectivity index (χ3n) is 2.14. The molecule has 1 amide bonds. The number of aromatic carboxylic acids is 1. The van der Waals surface area contributed by atoms with Crippen LogP contribution in [0.5, 0.6) is 5.75 Å². The number of benzene rings is 1. The molecule has 0 fully saturated rings. The number of nitrogens with zero attached hydrogens (tertiary/aromatic N) is 1. The number of carbonyl (C=O) groups excluding carboxylic acids is 1. The van der Waals surface area contributed by atoms with Crippen LogP contribution in [0.2, 0.25) is 0 Å². The van der Waals surface area contributed by atoms with Crippen molar-refractivity contribution in [3.8, 4) is 5.75 Å². The van der Waals surface area contributed by atoms with Crippen molar-refractivity contribution in [3.63, 3.8) is 0 Å².